The SMILES string of the molecule is O=C(NCCc1nccs1)Nc1cccnc1C(=O)O. The van der Waals surface area contributed by atoms with Gasteiger partial charge in [0, 0.05) is 30.7 Å². The normalized spacial score (nSPS) is 10.0. The van der Waals surface area contributed by atoms with Crippen LogP contribution in [0.5, 0.6) is 0 Å². The summed E-state index contributed by atoms with van der Waals surface area (Å²) >= 11 is 1.51. The standard InChI is InChI=1S/C12H12N4O3S/c17-11(18)10-8(2-1-4-14-10)16-12(19)15-5-3-9-13-6-7-20-9/h1-2,4,6-7H,3,5H2,(H,17,18)(H2,15,16,19). The largest absolute Gasteiger partial charge is 0.476 e. The number of carbonyl (C=O) groups excluding carboxylic acids is 1. The Morgan fingerprint density at radius 1 is 1.30 bits per heavy atom. The molecule has 0 aromatic carbocycles. The number of hydrogen-bond acceptors (Lipinski definition) is 5. The van der Waals surface area contributed by atoms with Gasteiger partial charge in [-0.1, -0.05) is 0 Å². The number of rotatable bonds is 5. The van der Waals surface area contributed by atoms with Gasteiger partial charge in [-0.25, -0.2) is 19.6 Å². The van der Waals surface area contributed by atoms with E-state index in [0.29, 0.717) is 13.0 Å². The van der Waals surface area contributed by atoms with Crippen molar-refractivity contribution in [1.29, 1.82) is 0 Å². The summed E-state index contributed by atoms with van der Waals surface area (Å²) in [7, 11) is 0. The molecule has 104 valence electrons. The first kappa shape index (κ1) is 13.9. The van der Waals surface area contributed by atoms with E-state index in [9.17, 15) is 9.59 Å². The van der Waals surface area contributed by atoms with Crippen LogP contribution in [-0.4, -0.2) is 33.6 Å². The third kappa shape index (κ3) is 3.75. The van der Waals surface area contributed by atoms with Gasteiger partial charge >= 0.3 is 12.0 Å². The molecule has 0 bridgehead atoms. The molecule has 0 aliphatic rings. The lowest BCUT2D eigenvalue weighted by molar-refractivity contribution is 0.0692. The molecule has 2 aromatic rings. The number of anilines is 1. The highest BCUT2D eigenvalue weighted by Gasteiger charge is 2.12. The lowest BCUT2D eigenvalue weighted by Crippen LogP contribution is -2.31. The summed E-state index contributed by atoms with van der Waals surface area (Å²) in [5.41, 5.74) is -0.0330. The summed E-state index contributed by atoms with van der Waals surface area (Å²) in [5.74, 6) is -1.19. The molecule has 7 nitrogen and oxygen atoms in total. The monoisotopic (exact) mass is 292 g/mol. The quantitative estimate of drug-likeness (QED) is 0.776. The number of carboxylic acids is 1. The maximum Gasteiger partial charge on any atom is 0.356 e. The summed E-state index contributed by atoms with van der Waals surface area (Å²) in [6, 6.07) is 2.56. The highest BCUT2D eigenvalue weighted by atomic mass is 32.1. The summed E-state index contributed by atoms with van der Waals surface area (Å²) in [6.07, 6.45) is 3.69. The molecule has 0 atom stereocenters. The number of amides is 2. The first-order valence-electron chi connectivity index (χ1n) is 5.78. The van der Waals surface area contributed by atoms with E-state index in [4.69, 9.17) is 5.11 Å². The molecule has 0 saturated heterocycles. The second kappa shape index (κ2) is 6.62. The summed E-state index contributed by atoms with van der Waals surface area (Å²) in [5, 5.41) is 16.8. The van der Waals surface area contributed by atoms with Gasteiger partial charge in [-0.05, 0) is 12.1 Å². The number of aromatic nitrogens is 2. The van der Waals surface area contributed by atoms with Crippen molar-refractivity contribution in [3.05, 3.63) is 40.6 Å². The van der Waals surface area contributed by atoms with E-state index in [-0.39, 0.29) is 11.4 Å². The third-order valence-electron chi connectivity index (χ3n) is 2.37. The minimum absolute atomic E-state index is 0.159. The number of nitrogens with zero attached hydrogens (tertiary/aromatic N) is 2. The van der Waals surface area contributed by atoms with Crippen molar-refractivity contribution in [3.63, 3.8) is 0 Å². The molecule has 20 heavy (non-hydrogen) atoms. The zero-order chi connectivity index (χ0) is 14.4. The Hall–Kier alpha value is -2.48. The van der Waals surface area contributed by atoms with Gasteiger partial charge < -0.3 is 15.7 Å². The van der Waals surface area contributed by atoms with E-state index in [1.807, 2.05) is 5.38 Å². The highest BCUT2D eigenvalue weighted by Crippen LogP contribution is 2.11. The van der Waals surface area contributed by atoms with Crippen molar-refractivity contribution in [3.8, 4) is 0 Å². The number of carbonyl (C=O) groups is 2. The van der Waals surface area contributed by atoms with Gasteiger partial charge in [0.15, 0.2) is 5.69 Å². The van der Waals surface area contributed by atoms with Crippen LogP contribution in [0.4, 0.5) is 10.5 Å². The minimum atomic E-state index is -1.19. The van der Waals surface area contributed by atoms with Crippen LogP contribution in [0.2, 0.25) is 0 Å². The minimum Gasteiger partial charge on any atom is -0.476 e. The fraction of sp³-hybridized carbons (Fsp3) is 0.167. The zero-order valence-corrected chi connectivity index (χ0v) is 11.2. The Morgan fingerprint density at radius 2 is 2.15 bits per heavy atom. The summed E-state index contributed by atoms with van der Waals surface area (Å²) < 4.78 is 0. The number of urea groups is 1. The van der Waals surface area contributed by atoms with Gasteiger partial charge in [0.25, 0.3) is 0 Å². The number of nitrogens with one attached hydrogen (secondary N) is 2. The lowest BCUT2D eigenvalue weighted by Gasteiger charge is -2.08. The topological polar surface area (TPSA) is 104 Å². The van der Waals surface area contributed by atoms with Crippen LogP contribution in [0.1, 0.15) is 15.5 Å². The Morgan fingerprint density at radius 3 is 2.85 bits per heavy atom. The number of aromatic carboxylic acids is 1. The zero-order valence-electron chi connectivity index (χ0n) is 10.4. The highest BCUT2D eigenvalue weighted by molar-refractivity contribution is 7.09. The number of hydrogen-bond donors (Lipinski definition) is 3. The van der Waals surface area contributed by atoms with E-state index < -0.39 is 12.0 Å². The van der Waals surface area contributed by atoms with E-state index in [1.165, 1.54) is 23.6 Å². The van der Waals surface area contributed by atoms with E-state index >= 15 is 0 Å². The first-order valence-corrected chi connectivity index (χ1v) is 6.66. The molecule has 3 N–H and O–H groups in total. The molecule has 0 spiro atoms. The molecule has 0 fully saturated rings. The first-order chi connectivity index (χ1) is 9.66. The van der Waals surface area contributed by atoms with Crippen molar-refractivity contribution in [2.24, 2.45) is 0 Å². The van der Waals surface area contributed by atoms with Gasteiger partial charge in [0.1, 0.15) is 0 Å². The second-order valence-corrected chi connectivity index (χ2v) is 4.74. The predicted molar refractivity (Wildman–Crippen MR) is 74.0 cm³/mol. The van der Waals surface area contributed by atoms with Crippen LogP contribution in [-0.2, 0) is 6.42 Å². The third-order valence-corrected chi connectivity index (χ3v) is 3.21. The van der Waals surface area contributed by atoms with Crippen LogP contribution in [0, 0.1) is 0 Å². The molecule has 0 saturated carbocycles. The smallest absolute Gasteiger partial charge is 0.356 e. The number of pyridine rings is 1. The van der Waals surface area contributed by atoms with Crippen molar-refractivity contribution in [2.75, 3.05) is 11.9 Å². The van der Waals surface area contributed by atoms with Gasteiger partial charge in [-0.2, -0.15) is 0 Å². The Labute approximate surface area is 118 Å². The van der Waals surface area contributed by atoms with Crippen LogP contribution in [0.3, 0.4) is 0 Å². The molecule has 2 amide bonds. The molecule has 0 unspecified atom stereocenters. The summed E-state index contributed by atoms with van der Waals surface area (Å²) in [6.45, 7) is 0.419. The maximum absolute atomic E-state index is 11.7. The van der Waals surface area contributed by atoms with Gasteiger partial charge in [0.2, 0.25) is 0 Å². The Bertz CT molecular complexity index is 601. The van der Waals surface area contributed by atoms with Crippen LogP contribution < -0.4 is 10.6 Å². The molecular formula is C12H12N4O3S. The van der Waals surface area contributed by atoms with Crippen molar-refractivity contribution >= 4 is 29.0 Å². The lowest BCUT2D eigenvalue weighted by atomic mass is 10.3. The molecule has 0 radical (unpaired) electrons. The Kier molecular flexibility index (Phi) is 4.61. The molecule has 8 heteroatoms. The number of thiazole rings is 1. The molecule has 2 aromatic heterocycles. The second-order valence-electron chi connectivity index (χ2n) is 3.76. The fourth-order valence-corrected chi connectivity index (χ4v) is 2.12. The fourth-order valence-electron chi connectivity index (χ4n) is 1.50. The van der Waals surface area contributed by atoms with Crippen molar-refractivity contribution in [1.82, 2.24) is 15.3 Å². The average Bonchev–Trinajstić information content (AvgIpc) is 2.92. The van der Waals surface area contributed by atoms with Crippen molar-refractivity contribution < 1.29 is 14.7 Å². The average molecular weight is 292 g/mol. The van der Waals surface area contributed by atoms with Gasteiger partial charge in [0.05, 0.1) is 10.7 Å². The van der Waals surface area contributed by atoms with E-state index in [1.54, 1.807) is 12.3 Å². The maximum atomic E-state index is 11.7. The van der Waals surface area contributed by atoms with Crippen LogP contribution in [0.15, 0.2) is 29.9 Å². The van der Waals surface area contributed by atoms with E-state index in [2.05, 4.69) is 20.6 Å². The van der Waals surface area contributed by atoms with Gasteiger partial charge in [-0.15, -0.1) is 11.3 Å². The van der Waals surface area contributed by atoms with Crippen LogP contribution >= 0.6 is 11.3 Å². The molecule has 0 aliphatic carbocycles. The molecule has 2 heterocycles. The Balaban J connectivity index is 1.87. The summed E-state index contributed by atoms with van der Waals surface area (Å²) in [4.78, 5) is 30.4. The van der Waals surface area contributed by atoms with Crippen LogP contribution in [0.25, 0.3) is 0 Å². The predicted octanol–water partition coefficient (Wildman–Crippen LogP) is 1.60. The van der Waals surface area contributed by atoms with E-state index in [0.717, 1.165) is 5.01 Å². The number of carboxylic acid groups (broad SMARTS) is 1. The van der Waals surface area contributed by atoms with Gasteiger partial charge in [-0.3, -0.25) is 0 Å². The van der Waals surface area contributed by atoms with Crippen molar-refractivity contribution in [2.45, 2.75) is 6.42 Å². The molecule has 0 aliphatic heterocycles. The molecular weight excluding hydrogens is 280 g/mol. The molecule has 2 rings (SSSR count).